The van der Waals surface area contributed by atoms with Crippen molar-refractivity contribution in [3.05, 3.63) is 29.6 Å². The molecule has 5 nitrogen and oxygen atoms in total. The van der Waals surface area contributed by atoms with E-state index in [1.807, 2.05) is 43.5 Å². The van der Waals surface area contributed by atoms with Gasteiger partial charge >= 0.3 is 0 Å². The standard InChI is InChI=1S/C18H21N3O2S/c1-11(2)9-16(22)19-14-7-5-12(6-8-14)15-10-24-18(20-15)21-17(23)13-3-4-13/h5-8,10-11,13H,3-4,9H2,1-2H3,(H,19,22)(H,20,21,23). The molecule has 2 N–H and O–H groups in total. The van der Waals surface area contributed by atoms with Gasteiger partial charge in [-0.3, -0.25) is 9.59 Å². The molecule has 2 aromatic rings. The van der Waals surface area contributed by atoms with E-state index in [4.69, 9.17) is 0 Å². The summed E-state index contributed by atoms with van der Waals surface area (Å²) in [6, 6.07) is 7.59. The fourth-order valence-corrected chi connectivity index (χ4v) is 3.05. The van der Waals surface area contributed by atoms with Gasteiger partial charge in [0, 0.05) is 29.0 Å². The van der Waals surface area contributed by atoms with Crippen LogP contribution in [0.2, 0.25) is 0 Å². The van der Waals surface area contributed by atoms with Crippen molar-refractivity contribution in [1.29, 1.82) is 0 Å². The Morgan fingerprint density at radius 3 is 2.54 bits per heavy atom. The average Bonchev–Trinajstić information content (AvgIpc) is 3.28. The Morgan fingerprint density at radius 1 is 1.21 bits per heavy atom. The van der Waals surface area contributed by atoms with Gasteiger partial charge in [-0.15, -0.1) is 11.3 Å². The lowest BCUT2D eigenvalue weighted by Gasteiger charge is -2.07. The third kappa shape index (κ3) is 4.41. The molecular weight excluding hydrogens is 322 g/mol. The van der Waals surface area contributed by atoms with Crippen LogP contribution in [-0.2, 0) is 9.59 Å². The molecule has 1 aliphatic rings. The zero-order valence-electron chi connectivity index (χ0n) is 13.8. The number of nitrogens with zero attached hydrogens (tertiary/aromatic N) is 1. The maximum atomic E-state index is 11.8. The minimum absolute atomic E-state index is 0.0245. The summed E-state index contributed by atoms with van der Waals surface area (Å²) >= 11 is 1.43. The Kier molecular flexibility index (Phi) is 4.94. The molecule has 1 fully saturated rings. The van der Waals surface area contributed by atoms with Crippen molar-refractivity contribution in [3.8, 4) is 11.3 Å². The van der Waals surface area contributed by atoms with Crippen molar-refractivity contribution in [2.45, 2.75) is 33.1 Å². The van der Waals surface area contributed by atoms with E-state index in [2.05, 4.69) is 15.6 Å². The van der Waals surface area contributed by atoms with E-state index in [0.717, 1.165) is 29.8 Å². The summed E-state index contributed by atoms with van der Waals surface area (Å²) in [7, 11) is 0. The summed E-state index contributed by atoms with van der Waals surface area (Å²) in [5.74, 6) is 0.602. The molecular formula is C18H21N3O2S. The molecule has 3 rings (SSSR count). The monoisotopic (exact) mass is 343 g/mol. The van der Waals surface area contributed by atoms with Crippen LogP contribution in [0.4, 0.5) is 10.8 Å². The lowest BCUT2D eigenvalue weighted by Crippen LogP contribution is -2.13. The first-order chi connectivity index (χ1) is 11.5. The molecule has 0 atom stereocenters. The van der Waals surface area contributed by atoms with E-state index < -0.39 is 0 Å². The van der Waals surface area contributed by atoms with Crippen LogP contribution in [0.3, 0.4) is 0 Å². The minimum atomic E-state index is 0.0245. The predicted octanol–water partition coefficient (Wildman–Crippen LogP) is 4.14. The molecule has 0 aliphatic heterocycles. The molecule has 0 unspecified atom stereocenters. The van der Waals surface area contributed by atoms with Gasteiger partial charge in [-0.1, -0.05) is 26.0 Å². The Labute approximate surface area is 145 Å². The lowest BCUT2D eigenvalue weighted by molar-refractivity contribution is -0.117. The number of carbonyl (C=O) groups excluding carboxylic acids is 2. The molecule has 2 amide bonds. The fourth-order valence-electron chi connectivity index (χ4n) is 2.32. The number of carbonyl (C=O) groups is 2. The molecule has 0 spiro atoms. The van der Waals surface area contributed by atoms with Crippen LogP contribution in [0.5, 0.6) is 0 Å². The van der Waals surface area contributed by atoms with Crippen LogP contribution in [0.25, 0.3) is 11.3 Å². The number of anilines is 2. The Bertz CT molecular complexity index is 733. The molecule has 1 heterocycles. The van der Waals surface area contributed by atoms with Gasteiger partial charge in [-0.05, 0) is 30.9 Å². The summed E-state index contributed by atoms with van der Waals surface area (Å²) < 4.78 is 0. The van der Waals surface area contributed by atoms with Gasteiger partial charge in [-0.25, -0.2) is 4.98 Å². The molecule has 0 radical (unpaired) electrons. The number of rotatable bonds is 6. The van der Waals surface area contributed by atoms with E-state index in [9.17, 15) is 9.59 Å². The van der Waals surface area contributed by atoms with Crippen molar-refractivity contribution in [1.82, 2.24) is 4.98 Å². The Hall–Kier alpha value is -2.21. The Morgan fingerprint density at radius 2 is 1.92 bits per heavy atom. The SMILES string of the molecule is CC(C)CC(=O)Nc1ccc(-c2csc(NC(=O)C3CC3)n2)cc1. The van der Waals surface area contributed by atoms with Crippen LogP contribution < -0.4 is 10.6 Å². The van der Waals surface area contributed by atoms with Gasteiger partial charge in [0.05, 0.1) is 5.69 Å². The highest BCUT2D eigenvalue weighted by Gasteiger charge is 2.30. The van der Waals surface area contributed by atoms with Crippen molar-refractivity contribution in [3.63, 3.8) is 0 Å². The summed E-state index contributed by atoms with van der Waals surface area (Å²) in [5.41, 5.74) is 2.56. The first kappa shape index (κ1) is 16.6. The Balaban J connectivity index is 1.62. The first-order valence-electron chi connectivity index (χ1n) is 8.18. The van der Waals surface area contributed by atoms with Crippen LogP contribution in [0.15, 0.2) is 29.6 Å². The van der Waals surface area contributed by atoms with Gasteiger partial charge < -0.3 is 10.6 Å². The molecule has 1 aliphatic carbocycles. The van der Waals surface area contributed by atoms with E-state index >= 15 is 0 Å². The molecule has 126 valence electrons. The summed E-state index contributed by atoms with van der Waals surface area (Å²) in [5, 5.41) is 8.31. The number of hydrogen-bond acceptors (Lipinski definition) is 4. The van der Waals surface area contributed by atoms with Gasteiger partial charge in [0.1, 0.15) is 0 Å². The van der Waals surface area contributed by atoms with E-state index in [0.29, 0.717) is 17.5 Å². The zero-order valence-corrected chi connectivity index (χ0v) is 14.7. The second-order valence-corrected chi connectivity index (χ2v) is 7.38. The topological polar surface area (TPSA) is 71.1 Å². The molecule has 1 aromatic heterocycles. The van der Waals surface area contributed by atoms with Crippen LogP contribution >= 0.6 is 11.3 Å². The maximum Gasteiger partial charge on any atom is 0.229 e. The maximum absolute atomic E-state index is 11.8. The first-order valence-corrected chi connectivity index (χ1v) is 9.06. The molecule has 0 bridgehead atoms. The number of nitrogens with one attached hydrogen (secondary N) is 2. The number of benzene rings is 1. The minimum Gasteiger partial charge on any atom is -0.326 e. The number of aromatic nitrogens is 1. The highest BCUT2D eigenvalue weighted by molar-refractivity contribution is 7.14. The van der Waals surface area contributed by atoms with Crippen molar-refractivity contribution >= 4 is 34.0 Å². The lowest BCUT2D eigenvalue weighted by atomic mass is 10.1. The highest BCUT2D eigenvalue weighted by Crippen LogP contribution is 2.31. The normalized spacial score (nSPS) is 13.8. The molecule has 1 aromatic carbocycles. The zero-order chi connectivity index (χ0) is 17.1. The summed E-state index contributed by atoms with van der Waals surface area (Å²) in [6.07, 6.45) is 2.47. The third-order valence-corrected chi connectivity index (χ3v) is 4.50. The quantitative estimate of drug-likeness (QED) is 0.828. The second kappa shape index (κ2) is 7.13. The molecule has 24 heavy (non-hydrogen) atoms. The average molecular weight is 343 g/mol. The highest BCUT2D eigenvalue weighted by atomic mass is 32.1. The fraction of sp³-hybridized carbons (Fsp3) is 0.389. The number of hydrogen-bond donors (Lipinski definition) is 2. The van der Waals surface area contributed by atoms with E-state index in [1.165, 1.54) is 11.3 Å². The summed E-state index contributed by atoms with van der Waals surface area (Å²) in [6.45, 7) is 4.04. The van der Waals surface area contributed by atoms with Crippen molar-refractivity contribution in [2.24, 2.45) is 11.8 Å². The molecule has 0 saturated heterocycles. The van der Waals surface area contributed by atoms with Crippen LogP contribution in [0.1, 0.15) is 33.1 Å². The van der Waals surface area contributed by atoms with Gasteiger partial charge in [0.15, 0.2) is 5.13 Å². The second-order valence-electron chi connectivity index (χ2n) is 6.52. The van der Waals surface area contributed by atoms with Crippen LogP contribution in [-0.4, -0.2) is 16.8 Å². The molecule has 1 saturated carbocycles. The molecule has 6 heteroatoms. The summed E-state index contributed by atoms with van der Waals surface area (Å²) in [4.78, 5) is 28.0. The number of amides is 2. The number of thiazole rings is 1. The van der Waals surface area contributed by atoms with Crippen molar-refractivity contribution in [2.75, 3.05) is 10.6 Å². The largest absolute Gasteiger partial charge is 0.326 e. The predicted molar refractivity (Wildman–Crippen MR) is 97.0 cm³/mol. The van der Waals surface area contributed by atoms with Crippen LogP contribution in [0, 0.1) is 11.8 Å². The van der Waals surface area contributed by atoms with Gasteiger partial charge in [0.2, 0.25) is 11.8 Å². The van der Waals surface area contributed by atoms with E-state index in [-0.39, 0.29) is 17.7 Å². The third-order valence-electron chi connectivity index (χ3n) is 3.74. The smallest absolute Gasteiger partial charge is 0.229 e. The van der Waals surface area contributed by atoms with Crippen molar-refractivity contribution < 1.29 is 9.59 Å². The van der Waals surface area contributed by atoms with Gasteiger partial charge in [0.25, 0.3) is 0 Å². The van der Waals surface area contributed by atoms with E-state index in [1.54, 1.807) is 0 Å². The van der Waals surface area contributed by atoms with Gasteiger partial charge in [-0.2, -0.15) is 0 Å².